The Morgan fingerprint density at radius 3 is 2.71 bits per heavy atom. The molecule has 0 aliphatic heterocycles. The zero-order chi connectivity index (χ0) is 15.2. The van der Waals surface area contributed by atoms with E-state index in [1.54, 1.807) is 6.33 Å². The third kappa shape index (κ3) is 3.69. The van der Waals surface area contributed by atoms with Crippen LogP contribution in [0.25, 0.3) is 0 Å². The molecule has 6 heteroatoms. The molecule has 0 aliphatic rings. The number of aromatic nitrogens is 5. The van der Waals surface area contributed by atoms with Gasteiger partial charge in [0, 0.05) is 20.0 Å². The summed E-state index contributed by atoms with van der Waals surface area (Å²) in [5.74, 6) is 1.02. The van der Waals surface area contributed by atoms with Crippen LogP contribution in [0.4, 0.5) is 0 Å². The van der Waals surface area contributed by atoms with Crippen LogP contribution in [0.2, 0.25) is 0 Å². The van der Waals surface area contributed by atoms with Crippen LogP contribution in [0.3, 0.4) is 0 Å². The van der Waals surface area contributed by atoms with Gasteiger partial charge in [0.15, 0.2) is 0 Å². The van der Waals surface area contributed by atoms with Gasteiger partial charge in [0.2, 0.25) is 0 Å². The van der Waals surface area contributed by atoms with E-state index in [0.29, 0.717) is 0 Å². The molecule has 0 radical (unpaired) electrons. The van der Waals surface area contributed by atoms with Gasteiger partial charge in [-0.25, -0.2) is 4.98 Å². The lowest BCUT2D eigenvalue weighted by molar-refractivity contribution is 0.469. The number of nitrogens with one attached hydrogen (secondary N) is 1. The Bertz CT molecular complexity index is 556. The predicted octanol–water partition coefficient (Wildman–Crippen LogP) is 1.88. The van der Waals surface area contributed by atoms with Crippen molar-refractivity contribution in [2.24, 2.45) is 7.05 Å². The zero-order valence-electron chi connectivity index (χ0n) is 13.5. The highest BCUT2D eigenvalue weighted by Gasteiger charge is 2.19. The maximum atomic E-state index is 4.56. The standard InChI is InChI=1S/C15H26N6/c1-5-8-16-13(10-15-17-11-18-21(15)7-3)14-9-12(6-2)19-20(14)4/h9,11,13,16H,5-8,10H2,1-4H3. The molecule has 2 heterocycles. The van der Waals surface area contributed by atoms with Crippen LogP contribution >= 0.6 is 0 Å². The zero-order valence-corrected chi connectivity index (χ0v) is 13.5. The van der Waals surface area contributed by atoms with Crippen molar-refractivity contribution >= 4 is 0 Å². The third-order valence-corrected chi connectivity index (χ3v) is 3.71. The van der Waals surface area contributed by atoms with E-state index in [1.165, 1.54) is 5.69 Å². The topological polar surface area (TPSA) is 60.6 Å². The van der Waals surface area contributed by atoms with E-state index < -0.39 is 0 Å². The first-order chi connectivity index (χ1) is 10.2. The molecule has 2 aromatic heterocycles. The summed E-state index contributed by atoms with van der Waals surface area (Å²) in [6, 6.07) is 2.41. The SMILES string of the molecule is CCCNC(Cc1ncnn1CC)c1cc(CC)nn1C. The van der Waals surface area contributed by atoms with E-state index in [0.717, 1.165) is 43.9 Å². The molecule has 0 spiro atoms. The first kappa shape index (κ1) is 15.7. The predicted molar refractivity (Wildman–Crippen MR) is 83.0 cm³/mol. The lowest BCUT2D eigenvalue weighted by atomic mass is 10.1. The highest BCUT2D eigenvalue weighted by Crippen LogP contribution is 2.18. The van der Waals surface area contributed by atoms with Gasteiger partial charge in [-0.15, -0.1) is 0 Å². The van der Waals surface area contributed by atoms with Crippen LogP contribution in [0.1, 0.15) is 50.4 Å². The molecule has 1 atom stereocenters. The average Bonchev–Trinajstić information content (AvgIpc) is 3.09. The molecule has 0 aliphatic carbocycles. The molecule has 2 aromatic rings. The van der Waals surface area contributed by atoms with Crippen LogP contribution in [0, 0.1) is 0 Å². The van der Waals surface area contributed by atoms with Crippen molar-refractivity contribution < 1.29 is 0 Å². The summed E-state index contributed by atoms with van der Waals surface area (Å²) in [5, 5.41) is 12.4. The monoisotopic (exact) mass is 290 g/mol. The Hall–Kier alpha value is -1.69. The van der Waals surface area contributed by atoms with E-state index >= 15 is 0 Å². The van der Waals surface area contributed by atoms with Gasteiger partial charge < -0.3 is 5.32 Å². The lowest BCUT2D eigenvalue weighted by Crippen LogP contribution is -2.27. The highest BCUT2D eigenvalue weighted by atomic mass is 15.3. The first-order valence-corrected chi connectivity index (χ1v) is 7.82. The van der Waals surface area contributed by atoms with Gasteiger partial charge in [-0.05, 0) is 32.4 Å². The largest absolute Gasteiger partial charge is 0.308 e. The second kappa shape index (κ2) is 7.36. The van der Waals surface area contributed by atoms with Crippen molar-refractivity contribution in [3.63, 3.8) is 0 Å². The molecular weight excluding hydrogens is 264 g/mol. The quantitative estimate of drug-likeness (QED) is 0.806. The lowest BCUT2D eigenvalue weighted by Gasteiger charge is -2.18. The smallest absolute Gasteiger partial charge is 0.138 e. The fourth-order valence-electron chi connectivity index (χ4n) is 2.54. The Morgan fingerprint density at radius 2 is 2.10 bits per heavy atom. The molecule has 116 valence electrons. The number of aryl methyl sites for hydroxylation is 3. The van der Waals surface area contributed by atoms with Crippen molar-refractivity contribution in [2.75, 3.05) is 6.54 Å². The van der Waals surface area contributed by atoms with E-state index in [9.17, 15) is 0 Å². The minimum absolute atomic E-state index is 0.220. The Morgan fingerprint density at radius 1 is 1.29 bits per heavy atom. The summed E-state index contributed by atoms with van der Waals surface area (Å²) in [6.07, 6.45) is 4.53. The van der Waals surface area contributed by atoms with Gasteiger partial charge >= 0.3 is 0 Å². The summed E-state index contributed by atoms with van der Waals surface area (Å²) in [5.41, 5.74) is 2.35. The Kier molecular flexibility index (Phi) is 5.50. The fraction of sp³-hybridized carbons (Fsp3) is 0.667. The second-order valence-corrected chi connectivity index (χ2v) is 5.24. The number of rotatable bonds is 8. The van der Waals surface area contributed by atoms with E-state index in [-0.39, 0.29) is 6.04 Å². The van der Waals surface area contributed by atoms with Gasteiger partial charge in [0.25, 0.3) is 0 Å². The average molecular weight is 290 g/mol. The minimum Gasteiger partial charge on any atom is -0.308 e. The van der Waals surface area contributed by atoms with Crippen molar-refractivity contribution in [1.82, 2.24) is 29.9 Å². The van der Waals surface area contributed by atoms with Crippen molar-refractivity contribution in [3.8, 4) is 0 Å². The maximum Gasteiger partial charge on any atom is 0.138 e. The fourth-order valence-corrected chi connectivity index (χ4v) is 2.54. The number of nitrogens with zero attached hydrogens (tertiary/aromatic N) is 5. The van der Waals surface area contributed by atoms with Gasteiger partial charge in [0.1, 0.15) is 12.2 Å². The van der Waals surface area contributed by atoms with Gasteiger partial charge in [0.05, 0.1) is 17.4 Å². The second-order valence-electron chi connectivity index (χ2n) is 5.24. The van der Waals surface area contributed by atoms with Crippen molar-refractivity contribution in [3.05, 3.63) is 29.6 Å². The molecule has 0 saturated heterocycles. The normalized spacial score (nSPS) is 12.8. The summed E-state index contributed by atoms with van der Waals surface area (Å²) in [6.45, 7) is 8.23. The number of hydrogen-bond donors (Lipinski definition) is 1. The van der Waals surface area contributed by atoms with Crippen LogP contribution in [-0.4, -0.2) is 31.1 Å². The Labute approximate surface area is 126 Å². The van der Waals surface area contributed by atoms with Crippen LogP contribution in [0.15, 0.2) is 12.4 Å². The van der Waals surface area contributed by atoms with Crippen molar-refractivity contribution in [1.29, 1.82) is 0 Å². The maximum absolute atomic E-state index is 4.56. The molecule has 6 nitrogen and oxygen atoms in total. The molecule has 1 N–H and O–H groups in total. The molecule has 0 aromatic carbocycles. The van der Waals surface area contributed by atoms with Gasteiger partial charge in [-0.1, -0.05) is 13.8 Å². The molecule has 1 unspecified atom stereocenters. The van der Waals surface area contributed by atoms with Crippen LogP contribution < -0.4 is 5.32 Å². The molecule has 0 bridgehead atoms. The summed E-state index contributed by atoms with van der Waals surface area (Å²) in [4.78, 5) is 4.40. The molecule has 21 heavy (non-hydrogen) atoms. The molecule has 0 amide bonds. The molecular formula is C15H26N6. The third-order valence-electron chi connectivity index (χ3n) is 3.71. The van der Waals surface area contributed by atoms with E-state index in [1.807, 2.05) is 16.4 Å². The minimum atomic E-state index is 0.220. The summed E-state index contributed by atoms with van der Waals surface area (Å²) < 4.78 is 3.94. The molecule has 2 rings (SSSR count). The number of hydrogen-bond acceptors (Lipinski definition) is 4. The molecule has 0 saturated carbocycles. The van der Waals surface area contributed by atoms with E-state index in [4.69, 9.17) is 0 Å². The highest BCUT2D eigenvalue weighted by molar-refractivity contribution is 5.16. The van der Waals surface area contributed by atoms with E-state index in [2.05, 4.69) is 47.3 Å². The van der Waals surface area contributed by atoms with Crippen LogP contribution in [0.5, 0.6) is 0 Å². The molecule has 0 fully saturated rings. The van der Waals surface area contributed by atoms with Crippen molar-refractivity contribution in [2.45, 2.75) is 52.6 Å². The van der Waals surface area contributed by atoms with Crippen LogP contribution in [-0.2, 0) is 26.4 Å². The first-order valence-electron chi connectivity index (χ1n) is 7.82. The van der Waals surface area contributed by atoms with Gasteiger partial charge in [-0.3, -0.25) is 9.36 Å². The Balaban J connectivity index is 2.23. The summed E-state index contributed by atoms with van der Waals surface area (Å²) in [7, 11) is 2.01. The summed E-state index contributed by atoms with van der Waals surface area (Å²) >= 11 is 0. The van der Waals surface area contributed by atoms with Gasteiger partial charge in [-0.2, -0.15) is 10.2 Å².